The number of hydrogen-bond donors (Lipinski definition) is 2. The van der Waals surface area contributed by atoms with E-state index in [1.165, 1.54) is 6.07 Å². The molecule has 1 aliphatic heterocycles. The predicted molar refractivity (Wildman–Crippen MR) is 80.2 cm³/mol. The molecule has 7 heteroatoms. The standard InChI is InChI=1S/C13H15BrClN3O2/c1-16-7-2-4-13(5-3-7)17-11(19)10-9(15)6-8(14)12(20)18(10)13/h6-7,16H,2-5H2,1H3,(H,17,19). The van der Waals surface area contributed by atoms with Gasteiger partial charge in [-0.25, -0.2) is 0 Å². The number of nitrogens with one attached hydrogen (secondary N) is 2. The van der Waals surface area contributed by atoms with E-state index in [0.29, 0.717) is 15.5 Å². The Hall–Kier alpha value is -0.850. The molecule has 20 heavy (non-hydrogen) atoms. The molecule has 2 heterocycles. The molecule has 1 spiro atoms. The monoisotopic (exact) mass is 359 g/mol. The Morgan fingerprint density at radius 1 is 1.45 bits per heavy atom. The van der Waals surface area contributed by atoms with Crippen molar-refractivity contribution in [3.8, 4) is 0 Å². The number of nitrogens with zero attached hydrogens (tertiary/aromatic N) is 1. The Balaban J connectivity index is 2.12. The van der Waals surface area contributed by atoms with Gasteiger partial charge in [0.1, 0.15) is 11.4 Å². The highest BCUT2D eigenvalue weighted by Crippen LogP contribution is 2.38. The molecule has 1 aromatic heterocycles. The second kappa shape index (κ2) is 4.86. The maximum Gasteiger partial charge on any atom is 0.271 e. The van der Waals surface area contributed by atoms with Crippen LogP contribution >= 0.6 is 27.5 Å². The first kappa shape index (κ1) is 14.1. The Morgan fingerprint density at radius 2 is 2.10 bits per heavy atom. The third kappa shape index (κ3) is 1.93. The van der Waals surface area contributed by atoms with E-state index < -0.39 is 5.66 Å². The van der Waals surface area contributed by atoms with Crippen molar-refractivity contribution in [2.75, 3.05) is 7.05 Å². The van der Waals surface area contributed by atoms with Crippen LogP contribution in [0.15, 0.2) is 15.3 Å². The van der Waals surface area contributed by atoms with Gasteiger partial charge >= 0.3 is 0 Å². The minimum atomic E-state index is -0.621. The summed E-state index contributed by atoms with van der Waals surface area (Å²) in [5, 5.41) is 6.53. The lowest BCUT2D eigenvalue weighted by Crippen LogP contribution is -2.51. The van der Waals surface area contributed by atoms with Crippen molar-refractivity contribution >= 4 is 33.4 Å². The van der Waals surface area contributed by atoms with Crippen LogP contribution in [0.2, 0.25) is 5.02 Å². The van der Waals surface area contributed by atoms with Crippen LogP contribution in [0.1, 0.15) is 36.2 Å². The van der Waals surface area contributed by atoms with Crippen LogP contribution in [0.4, 0.5) is 0 Å². The van der Waals surface area contributed by atoms with Crippen molar-refractivity contribution in [1.82, 2.24) is 15.2 Å². The van der Waals surface area contributed by atoms with E-state index >= 15 is 0 Å². The molecule has 1 fully saturated rings. The van der Waals surface area contributed by atoms with Crippen LogP contribution in [0.5, 0.6) is 0 Å². The van der Waals surface area contributed by atoms with Crippen molar-refractivity contribution < 1.29 is 4.79 Å². The molecular weight excluding hydrogens is 346 g/mol. The van der Waals surface area contributed by atoms with Crippen LogP contribution < -0.4 is 16.2 Å². The number of halogens is 2. The summed E-state index contributed by atoms with van der Waals surface area (Å²) in [5.41, 5.74) is -0.544. The van der Waals surface area contributed by atoms with Crippen molar-refractivity contribution in [1.29, 1.82) is 0 Å². The van der Waals surface area contributed by atoms with E-state index in [-0.39, 0.29) is 17.2 Å². The third-order valence-electron chi connectivity index (χ3n) is 4.32. The van der Waals surface area contributed by atoms with Crippen LogP contribution in [0, 0.1) is 0 Å². The van der Waals surface area contributed by atoms with Gasteiger partial charge in [0.2, 0.25) is 0 Å². The molecule has 2 N–H and O–H groups in total. The molecule has 1 aliphatic carbocycles. The van der Waals surface area contributed by atoms with Crippen LogP contribution in [-0.4, -0.2) is 23.6 Å². The van der Waals surface area contributed by atoms with E-state index in [9.17, 15) is 9.59 Å². The highest BCUT2D eigenvalue weighted by atomic mass is 79.9. The fourth-order valence-electron chi connectivity index (χ4n) is 3.23. The van der Waals surface area contributed by atoms with Gasteiger partial charge in [0.15, 0.2) is 0 Å². The summed E-state index contributed by atoms with van der Waals surface area (Å²) >= 11 is 9.36. The van der Waals surface area contributed by atoms with Gasteiger partial charge in [0.05, 0.1) is 9.50 Å². The molecule has 0 radical (unpaired) electrons. The minimum Gasteiger partial charge on any atom is -0.327 e. The SMILES string of the molecule is CNC1CCC2(CC1)NC(=O)c1c(Cl)cc(Br)c(=O)n12. The molecule has 108 valence electrons. The summed E-state index contributed by atoms with van der Waals surface area (Å²) in [4.78, 5) is 24.6. The van der Waals surface area contributed by atoms with Crippen LogP contribution in [0.3, 0.4) is 0 Å². The summed E-state index contributed by atoms with van der Waals surface area (Å²) in [5.74, 6) is -0.262. The van der Waals surface area contributed by atoms with Gasteiger partial charge in [0.25, 0.3) is 11.5 Å². The summed E-state index contributed by atoms with van der Waals surface area (Å²) in [6, 6.07) is 1.92. The van der Waals surface area contributed by atoms with E-state index in [4.69, 9.17) is 11.6 Å². The number of pyridine rings is 1. The van der Waals surface area contributed by atoms with Gasteiger partial charge in [-0.15, -0.1) is 0 Å². The second-order valence-corrected chi connectivity index (χ2v) is 6.64. The first-order chi connectivity index (χ1) is 9.48. The number of aromatic nitrogens is 1. The fraction of sp³-hybridized carbons (Fsp3) is 0.538. The quantitative estimate of drug-likeness (QED) is 0.803. The van der Waals surface area contributed by atoms with Gasteiger partial charge in [-0.05, 0) is 54.7 Å². The van der Waals surface area contributed by atoms with Gasteiger partial charge in [-0.3, -0.25) is 14.2 Å². The van der Waals surface area contributed by atoms with E-state index in [0.717, 1.165) is 25.7 Å². The summed E-state index contributed by atoms with van der Waals surface area (Å²) in [6.45, 7) is 0. The molecule has 3 rings (SSSR count). The Labute approximate surface area is 129 Å². The zero-order valence-electron chi connectivity index (χ0n) is 11.0. The smallest absolute Gasteiger partial charge is 0.271 e. The summed E-state index contributed by atoms with van der Waals surface area (Å²) in [7, 11) is 1.93. The minimum absolute atomic E-state index is 0.203. The second-order valence-electron chi connectivity index (χ2n) is 5.38. The first-order valence-electron chi connectivity index (χ1n) is 6.60. The molecule has 0 atom stereocenters. The lowest BCUT2D eigenvalue weighted by molar-refractivity contribution is 0.0859. The van der Waals surface area contributed by atoms with Gasteiger partial charge in [0, 0.05) is 6.04 Å². The zero-order valence-corrected chi connectivity index (χ0v) is 13.3. The number of hydrogen-bond acceptors (Lipinski definition) is 3. The van der Waals surface area contributed by atoms with E-state index in [1.54, 1.807) is 4.57 Å². The molecule has 1 aromatic rings. The zero-order chi connectivity index (χ0) is 14.5. The fourth-order valence-corrected chi connectivity index (χ4v) is 4.05. The normalized spacial score (nSPS) is 28.6. The lowest BCUT2D eigenvalue weighted by atomic mass is 9.86. The number of rotatable bonds is 1. The van der Waals surface area contributed by atoms with Crippen molar-refractivity contribution in [2.45, 2.75) is 37.4 Å². The topological polar surface area (TPSA) is 63.1 Å². The Kier molecular flexibility index (Phi) is 3.43. The molecule has 0 aromatic carbocycles. The molecule has 1 saturated carbocycles. The molecule has 1 amide bonds. The van der Waals surface area contributed by atoms with Crippen molar-refractivity contribution in [3.05, 3.63) is 31.6 Å². The number of carbonyl (C=O) groups excluding carboxylic acids is 1. The largest absolute Gasteiger partial charge is 0.327 e. The average molecular weight is 361 g/mol. The third-order valence-corrected chi connectivity index (χ3v) is 5.18. The molecule has 0 saturated heterocycles. The van der Waals surface area contributed by atoms with Gasteiger partial charge < -0.3 is 10.6 Å². The van der Waals surface area contributed by atoms with Gasteiger partial charge in [-0.2, -0.15) is 0 Å². The Bertz CT molecular complexity index is 635. The first-order valence-corrected chi connectivity index (χ1v) is 7.77. The molecule has 2 aliphatic rings. The van der Waals surface area contributed by atoms with Crippen LogP contribution in [0.25, 0.3) is 0 Å². The van der Waals surface area contributed by atoms with Crippen molar-refractivity contribution in [2.24, 2.45) is 0 Å². The summed E-state index contributed by atoms with van der Waals surface area (Å²) in [6.07, 6.45) is 3.27. The molecular formula is C13H15BrClN3O2. The maximum absolute atomic E-state index is 12.4. The van der Waals surface area contributed by atoms with E-state index in [2.05, 4.69) is 26.6 Å². The highest BCUT2D eigenvalue weighted by molar-refractivity contribution is 9.10. The van der Waals surface area contributed by atoms with E-state index in [1.807, 2.05) is 7.05 Å². The lowest BCUT2D eigenvalue weighted by Gasteiger charge is -2.38. The molecule has 5 nitrogen and oxygen atoms in total. The molecule has 0 bridgehead atoms. The average Bonchev–Trinajstić information content (AvgIpc) is 2.70. The number of carbonyl (C=O) groups is 1. The van der Waals surface area contributed by atoms with Crippen LogP contribution in [-0.2, 0) is 5.66 Å². The number of fused-ring (bicyclic) bond motifs is 2. The maximum atomic E-state index is 12.4. The van der Waals surface area contributed by atoms with Gasteiger partial charge in [-0.1, -0.05) is 11.6 Å². The number of amides is 1. The Morgan fingerprint density at radius 3 is 2.70 bits per heavy atom. The molecule has 0 unspecified atom stereocenters. The summed E-state index contributed by atoms with van der Waals surface area (Å²) < 4.78 is 1.94. The van der Waals surface area contributed by atoms with Crippen molar-refractivity contribution in [3.63, 3.8) is 0 Å². The highest BCUT2D eigenvalue weighted by Gasteiger charge is 2.46. The predicted octanol–water partition coefficient (Wildman–Crippen LogP) is 1.82.